The second-order valence-electron chi connectivity index (χ2n) is 10.1. The van der Waals surface area contributed by atoms with Crippen LogP contribution in [0.5, 0.6) is 5.75 Å². The molecule has 0 bridgehead atoms. The molecule has 0 aliphatic heterocycles. The minimum Gasteiger partial charge on any atom is -0.506 e. The summed E-state index contributed by atoms with van der Waals surface area (Å²) in [7, 11) is -2.57. The van der Waals surface area contributed by atoms with Crippen molar-refractivity contribution in [1.29, 1.82) is 0 Å². The van der Waals surface area contributed by atoms with E-state index in [9.17, 15) is 9.90 Å². The number of carbonyl (C=O) groups is 1. The minimum atomic E-state index is -2.22. The lowest BCUT2D eigenvalue weighted by atomic mass is 9.85. The third kappa shape index (κ3) is 5.04. The first-order chi connectivity index (χ1) is 14.1. The molecule has 3 N–H and O–H groups in total. The Morgan fingerprint density at radius 3 is 2.29 bits per heavy atom. The van der Waals surface area contributed by atoms with Crippen LogP contribution in [0.3, 0.4) is 0 Å². The highest BCUT2D eigenvalue weighted by atomic mass is 28.3. The van der Waals surface area contributed by atoms with Crippen molar-refractivity contribution in [3.05, 3.63) is 29.3 Å². The third-order valence-electron chi connectivity index (χ3n) is 4.86. The quantitative estimate of drug-likeness (QED) is 0.360. The molecule has 0 amide bonds. The molecule has 0 spiro atoms. The number of phenols is 1. The summed E-state index contributed by atoms with van der Waals surface area (Å²) in [4.78, 5) is 12.2. The van der Waals surface area contributed by atoms with E-state index in [4.69, 9.17) is 19.3 Å². The van der Waals surface area contributed by atoms with Gasteiger partial charge in [0.1, 0.15) is 36.6 Å². The van der Waals surface area contributed by atoms with Crippen molar-refractivity contribution in [3.63, 3.8) is 0 Å². The van der Waals surface area contributed by atoms with Crippen molar-refractivity contribution < 1.29 is 27.9 Å². The molecule has 31 heavy (non-hydrogen) atoms. The standard InChI is InChI=1S/C22H34FNO5Si2/c1-22(2,3)19(29-30(5)6)18-14(16(23)21(28-18)31(7,8)9)12-10-11-13(24)15(17(12)25)20(26)27-4/h10-11,19,25,30H,24H2,1-9H3. The monoisotopic (exact) mass is 467 g/mol. The van der Waals surface area contributed by atoms with Gasteiger partial charge in [-0.25, -0.2) is 9.18 Å². The lowest BCUT2D eigenvalue weighted by Gasteiger charge is -2.32. The van der Waals surface area contributed by atoms with Gasteiger partial charge in [0, 0.05) is 11.3 Å². The van der Waals surface area contributed by atoms with Crippen LogP contribution in [0.2, 0.25) is 32.7 Å². The van der Waals surface area contributed by atoms with Gasteiger partial charge in [-0.1, -0.05) is 40.4 Å². The highest BCUT2D eigenvalue weighted by molar-refractivity contribution is 6.87. The van der Waals surface area contributed by atoms with Gasteiger partial charge in [-0.3, -0.25) is 0 Å². The number of methoxy groups -OCH3 is 1. The number of hydrogen-bond donors (Lipinski definition) is 2. The number of phenolic OH excluding ortho intramolecular Hbond substituents is 1. The third-order valence-corrected chi connectivity index (χ3v) is 7.36. The largest absolute Gasteiger partial charge is 0.506 e. The SMILES string of the molecule is COC(=O)c1c(N)ccc(-c2c(C(O[SiH](C)C)C(C)(C)C)oc([Si](C)(C)C)c2F)c1O. The Balaban J connectivity index is 2.94. The number of aromatic hydroxyl groups is 1. The van der Waals surface area contributed by atoms with Crippen molar-refractivity contribution in [2.24, 2.45) is 5.41 Å². The van der Waals surface area contributed by atoms with E-state index in [0.717, 1.165) is 0 Å². The summed E-state index contributed by atoms with van der Waals surface area (Å²) in [6, 6.07) is 2.95. The van der Waals surface area contributed by atoms with E-state index in [2.05, 4.69) is 0 Å². The number of nitrogens with two attached hydrogens (primary N) is 1. The Kier molecular flexibility index (Phi) is 7.14. The number of hydrogen-bond acceptors (Lipinski definition) is 6. The number of anilines is 1. The Hall–Kier alpha value is -2.11. The molecule has 2 rings (SSSR count). The number of esters is 1. The van der Waals surface area contributed by atoms with E-state index >= 15 is 4.39 Å². The second-order valence-corrected chi connectivity index (χ2v) is 17.4. The van der Waals surface area contributed by atoms with Crippen molar-refractivity contribution in [2.45, 2.75) is 59.6 Å². The average Bonchev–Trinajstić information content (AvgIpc) is 2.95. The van der Waals surface area contributed by atoms with Crippen LogP contribution in [0, 0.1) is 11.2 Å². The predicted molar refractivity (Wildman–Crippen MR) is 127 cm³/mol. The van der Waals surface area contributed by atoms with E-state index in [1.54, 1.807) is 0 Å². The van der Waals surface area contributed by atoms with E-state index < -0.39 is 46.2 Å². The molecular weight excluding hydrogens is 433 g/mol. The highest BCUT2D eigenvalue weighted by Crippen LogP contribution is 2.46. The fraction of sp³-hybridized carbons (Fsp3) is 0.500. The van der Waals surface area contributed by atoms with Gasteiger partial charge in [-0.2, -0.15) is 0 Å². The number of rotatable bonds is 6. The number of halogens is 1. The molecule has 1 unspecified atom stereocenters. The average molecular weight is 468 g/mol. The first-order valence-electron chi connectivity index (χ1n) is 10.3. The van der Waals surface area contributed by atoms with Crippen LogP contribution in [0.25, 0.3) is 11.1 Å². The van der Waals surface area contributed by atoms with Crippen LogP contribution in [0.15, 0.2) is 16.5 Å². The van der Waals surface area contributed by atoms with Crippen LogP contribution in [0.1, 0.15) is 43.0 Å². The number of ether oxygens (including phenoxy) is 1. The van der Waals surface area contributed by atoms with Gasteiger partial charge in [0.25, 0.3) is 0 Å². The number of benzene rings is 1. The maximum absolute atomic E-state index is 15.9. The summed E-state index contributed by atoms with van der Waals surface area (Å²) >= 11 is 0. The number of furan rings is 1. The van der Waals surface area contributed by atoms with E-state index in [0.29, 0.717) is 5.76 Å². The Labute approximate surface area is 186 Å². The van der Waals surface area contributed by atoms with E-state index in [-0.39, 0.29) is 27.8 Å². The van der Waals surface area contributed by atoms with Gasteiger partial charge in [-0.05, 0) is 30.6 Å². The molecule has 9 heteroatoms. The zero-order valence-corrected chi connectivity index (χ0v) is 22.0. The molecule has 0 fully saturated rings. The van der Waals surface area contributed by atoms with Crippen LogP contribution in [0.4, 0.5) is 10.1 Å². The Morgan fingerprint density at radius 2 is 1.84 bits per heavy atom. The molecule has 1 heterocycles. The number of carbonyl (C=O) groups excluding carboxylic acids is 1. The van der Waals surface area contributed by atoms with Crippen LogP contribution in [-0.2, 0) is 9.16 Å². The van der Waals surface area contributed by atoms with Crippen LogP contribution in [-0.4, -0.2) is 35.3 Å². The minimum absolute atomic E-state index is 0.0437. The zero-order chi connectivity index (χ0) is 23.9. The first-order valence-corrected chi connectivity index (χ1v) is 16.6. The zero-order valence-electron chi connectivity index (χ0n) is 19.8. The summed E-state index contributed by atoms with van der Waals surface area (Å²) in [5.74, 6) is -1.46. The molecular formula is C22H34FNO5Si2. The molecule has 1 aromatic heterocycles. The maximum Gasteiger partial charge on any atom is 0.343 e. The Bertz CT molecular complexity index is 974. The fourth-order valence-corrected chi connectivity index (χ4v) is 5.68. The van der Waals surface area contributed by atoms with Crippen LogP contribution >= 0.6 is 0 Å². The van der Waals surface area contributed by atoms with Gasteiger partial charge in [-0.15, -0.1) is 0 Å². The van der Waals surface area contributed by atoms with E-state index in [1.807, 2.05) is 53.5 Å². The number of nitrogen functional groups attached to an aromatic ring is 1. The molecule has 0 saturated heterocycles. The lowest BCUT2D eigenvalue weighted by molar-refractivity contribution is 0.0598. The second kappa shape index (κ2) is 8.80. The lowest BCUT2D eigenvalue weighted by Crippen LogP contribution is -2.38. The molecule has 6 nitrogen and oxygen atoms in total. The first kappa shape index (κ1) is 25.2. The van der Waals surface area contributed by atoms with Crippen LogP contribution < -0.4 is 11.1 Å². The van der Waals surface area contributed by atoms with Gasteiger partial charge >= 0.3 is 5.97 Å². The molecule has 0 radical (unpaired) electrons. The summed E-state index contributed by atoms with van der Waals surface area (Å²) in [6.45, 7) is 16.0. The topological polar surface area (TPSA) is 94.9 Å². The van der Waals surface area contributed by atoms with E-state index in [1.165, 1.54) is 19.2 Å². The summed E-state index contributed by atoms with van der Waals surface area (Å²) in [6.07, 6.45) is -0.535. The molecule has 1 atom stereocenters. The smallest absolute Gasteiger partial charge is 0.343 e. The van der Waals surface area contributed by atoms with Gasteiger partial charge in [0.05, 0.1) is 12.7 Å². The highest BCUT2D eigenvalue weighted by Gasteiger charge is 2.40. The molecule has 1 aromatic carbocycles. The molecule has 2 aromatic rings. The molecule has 0 aliphatic rings. The molecule has 172 valence electrons. The predicted octanol–water partition coefficient (Wildman–Crippen LogP) is 4.79. The van der Waals surface area contributed by atoms with Crippen molar-refractivity contribution in [2.75, 3.05) is 12.8 Å². The summed E-state index contributed by atoms with van der Waals surface area (Å²) in [5.41, 5.74) is 5.57. The summed E-state index contributed by atoms with van der Waals surface area (Å²) < 4.78 is 33.1. The Morgan fingerprint density at radius 1 is 1.26 bits per heavy atom. The molecule has 0 saturated carbocycles. The maximum atomic E-state index is 15.9. The fourth-order valence-electron chi connectivity index (χ4n) is 3.40. The normalized spacial score (nSPS) is 13.5. The summed E-state index contributed by atoms with van der Waals surface area (Å²) in [5, 5.41) is 11.2. The van der Waals surface area contributed by atoms with Gasteiger partial charge < -0.3 is 24.4 Å². The van der Waals surface area contributed by atoms with Crippen molar-refractivity contribution in [3.8, 4) is 16.9 Å². The van der Waals surface area contributed by atoms with Crippen molar-refractivity contribution >= 4 is 34.2 Å². The van der Waals surface area contributed by atoms with Crippen molar-refractivity contribution in [1.82, 2.24) is 0 Å². The van der Waals surface area contributed by atoms with Gasteiger partial charge in [0.15, 0.2) is 14.9 Å². The van der Waals surface area contributed by atoms with Gasteiger partial charge in [0.2, 0.25) is 0 Å². The molecule has 0 aliphatic carbocycles.